The molecule has 1 nitrogen and oxygen atoms in total. The Kier molecular flexibility index (Phi) is 2.47. The van der Waals surface area contributed by atoms with Crippen molar-refractivity contribution in [2.45, 2.75) is 13.8 Å². The Balaban J connectivity index is 2.71. The molecule has 0 aliphatic carbocycles. The Morgan fingerprint density at radius 3 is 2.64 bits per heavy atom. The van der Waals surface area contributed by atoms with E-state index in [0.717, 1.165) is 6.10 Å². The summed E-state index contributed by atoms with van der Waals surface area (Å²) in [6.07, 6.45) is 0.801. The molecule has 11 heavy (non-hydrogen) atoms. The van der Waals surface area contributed by atoms with Gasteiger partial charge in [-0.05, 0) is 26.0 Å². The van der Waals surface area contributed by atoms with Crippen LogP contribution in [0.3, 0.4) is 0 Å². The van der Waals surface area contributed by atoms with Gasteiger partial charge < -0.3 is 4.74 Å². The van der Waals surface area contributed by atoms with E-state index in [1.807, 2.05) is 13.8 Å². The van der Waals surface area contributed by atoms with Gasteiger partial charge in [-0.15, -0.1) is 0 Å². The van der Waals surface area contributed by atoms with Gasteiger partial charge >= 0.3 is 0 Å². The molecule has 0 amide bonds. The Labute approximate surface area is 65.8 Å². The summed E-state index contributed by atoms with van der Waals surface area (Å²) in [4.78, 5) is 0. The minimum Gasteiger partial charge on any atom is -0.484 e. The van der Waals surface area contributed by atoms with Crippen LogP contribution in [0.25, 0.3) is 0 Å². The lowest BCUT2D eigenvalue weighted by molar-refractivity contribution is 0.343. The van der Waals surface area contributed by atoms with Crippen molar-refractivity contribution in [3.63, 3.8) is 0 Å². The first-order valence-corrected chi connectivity index (χ1v) is 3.42. The third-order valence-corrected chi connectivity index (χ3v) is 1.12. The molecule has 0 spiro atoms. The van der Waals surface area contributed by atoms with Crippen molar-refractivity contribution < 1.29 is 9.13 Å². The number of hydrogen-bond acceptors (Lipinski definition) is 1. The van der Waals surface area contributed by atoms with E-state index in [0.29, 0.717) is 5.75 Å². The average Bonchev–Trinajstić information content (AvgIpc) is 1.85. The smallest absolute Gasteiger partial charge is 0.142 e. The first-order valence-electron chi connectivity index (χ1n) is 3.42. The summed E-state index contributed by atoms with van der Waals surface area (Å²) in [6, 6.07) is 6.08. The van der Waals surface area contributed by atoms with Gasteiger partial charge in [-0.3, -0.25) is 0 Å². The SMILES string of the molecule is C[C](C)Oc1cccc(F)c1. The highest BCUT2D eigenvalue weighted by atomic mass is 19.1. The van der Waals surface area contributed by atoms with Gasteiger partial charge in [-0.25, -0.2) is 4.39 Å². The molecule has 1 aromatic rings. The lowest BCUT2D eigenvalue weighted by Crippen LogP contribution is -1.95. The van der Waals surface area contributed by atoms with Crippen LogP contribution in [0, 0.1) is 11.9 Å². The van der Waals surface area contributed by atoms with Crippen LogP contribution in [0.2, 0.25) is 0 Å². The van der Waals surface area contributed by atoms with E-state index < -0.39 is 0 Å². The van der Waals surface area contributed by atoms with Gasteiger partial charge in [0.25, 0.3) is 0 Å². The fraction of sp³-hybridized carbons (Fsp3) is 0.222. The van der Waals surface area contributed by atoms with Gasteiger partial charge in [0.05, 0.1) is 0 Å². The van der Waals surface area contributed by atoms with Crippen LogP contribution in [0.15, 0.2) is 24.3 Å². The second-order valence-corrected chi connectivity index (χ2v) is 2.47. The lowest BCUT2D eigenvalue weighted by Gasteiger charge is -2.07. The summed E-state index contributed by atoms with van der Waals surface area (Å²) >= 11 is 0. The number of halogens is 1. The van der Waals surface area contributed by atoms with Gasteiger partial charge in [0.15, 0.2) is 0 Å². The standard InChI is InChI=1S/C9H10FO/c1-7(2)11-9-5-3-4-8(10)6-9/h3-6H,1-2H3. The topological polar surface area (TPSA) is 9.23 Å². The van der Waals surface area contributed by atoms with Crippen molar-refractivity contribution in [1.82, 2.24) is 0 Å². The van der Waals surface area contributed by atoms with Crippen LogP contribution in [0.4, 0.5) is 4.39 Å². The van der Waals surface area contributed by atoms with Crippen LogP contribution in [-0.4, -0.2) is 0 Å². The quantitative estimate of drug-likeness (QED) is 0.634. The molecule has 2 heteroatoms. The molecular weight excluding hydrogens is 143 g/mol. The molecule has 0 aliphatic heterocycles. The number of benzene rings is 1. The molecule has 1 rings (SSSR count). The summed E-state index contributed by atoms with van der Waals surface area (Å²) in [5.74, 6) is 0.272. The zero-order chi connectivity index (χ0) is 8.27. The molecule has 59 valence electrons. The molecule has 0 heterocycles. The van der Waals surface area contributed by atoms with Gasteiger partial charge in [-0.2, -0.15) is 0 Å². The molecular formula is C9H10FO. The maximum atomic E-state index is 12.5. The fourth-order valence-electron chi connectivity index (χ4n) is 0.766. The highest BCUT2D eigenvalue weighted by Gasteiger charge is 1.98. The lowest BCUT2D eigenvalue weighted by atomic mass is 10.3. The molecule has 0 N–H and O–H groups in total. The van der Waals surface area contributed by atoms with Gasteiger partial charge in [0.2, 0.25) is 0 Å². The van der Waals surface area contributed by atoms with Crippen molar-refractivity contribution in [2.75, 3.05) is 0 Å². The van der Waals surface area contributed by atoms with Gasteiger partial charge in [-0.1, -0.05) is 6.07 Å². The first-order chi connectivity index (χ1) is 5.18. The predicted molar refractivity (Wildman–Crippen MR) is 41.6 cm³/mol. The highest BCUT2D eigenvalue weighted by molar-refractivity contribution is 5.23. The first kappa shape index (κ1) is 8.05. The van der Waals surface area contributed by atoms with Crippen LogP contribution < -0.4 is 4.74 Å². The molecule has 0 unspecified atom stereocenters. The Morgan fingerprint density at radius 1 is 1.36 bits per heavy atom. The Hall–Kier alpha value is -1.05. The van der Waals surface area contributed by atoms with E-state index in [-0.39, 0.29) is 5.82 Å². The van der Waals surface area contributed by atoms with Crippen LogP contribution >= 0.6 is 0 Å². The predicted octanol–water partition coefficient (Wildman–Crippen LogP) is 2.78. The Morgan fingerprint density at radius 2 is 2.09 bits per heavy atom. The van der Waals surface area contributed by atoms with Crippen LogP contribution in [0.5, 0.6) is 5.75 Å². The van der Waals surface area contributed by atoms with E-state index in [1.54, 1.807) is 12.1 Å². The summed E-state index contributed by atoms with van der Waals surface area (Å²) in [6.45, 7) is 3.65. The molecule has 0 atom stereocenters. The molecule has 0 bridgehead atoms. The Bertz CT molecular complexity index is 233. The molecule has 1 radical (unpaired) electrons. The van der Waals surface area contributed by atoms with E-state index >= 15 is 0 Å². The second-order valence-electron chi connectivity index (χ2n) is 2.47. The fourth-order valence-corrected chi connectivity index (χ4v) is 0.766. The third-order valence-electron chi connectivity index (χ3n) is 1.12. The van der Waals surface area contributed by atoms with E-state index in [9.17, 15) is 4.39 Å². The summed E-state index contributed by atoms with van der Waals surface area (Å²) in [5, 5.41) is 0. The largest absolute Gasteiger partial charge is 0.484 e. The van der Waals surface area contributed by atoms with Crippen molar-refractivity contribution in [3.8, 4) is 5.75 Å². The third kappa shape index (κ3) is 2.58. The zero-order valence-electron chi connectivity index (χ0n) is 6.60. The highest BCUT2D eigenvalue weighted by Crippen LogP contribution is 2.15. The molecule has 1 aromatic carbocycles. The molecule has 0 saturated heterocycles. The minimum atomic E-state index is -0.274. The minimum absolute atomic E-state index is 0.274. The van der Waals surface area contributed by atoms with Gasteiger partial charge in [0, 0.05) is 6.07 Å². The molecule has 0 fully saturated rings. The molecule has 0 aliphatic rings. The normalized spacial score (nSPS) is 10.2. The number of ether oxygens (including phenoxy) is 1. The van der Waals surface area contributed by atoms with E-state index in [1.165, 1.54) is 12.1 Å². The molecule has 0 aromatic heterocycles. The summed E-state index contributed by atoms with van der Waals surface area (Å²) in [7, 11) is 0. The van der Waals surface area contributed by atoms with Crippen molar-refractivity contribution in [3.05, 3.63) is 36.2 Å². The zero-order valence-corrected chi connectivity index (χ0v) is 6.60. The maximum absolute atomic E-state index is 12.5. The summed E-state index contributed by atoms with van der Waals surface area (Å²) in [5.41, 5.74) is 0. The van der Waals surface area contributed by atoms with Gasteiger partial charge in [0.1, 0.15) is 17.7 Å². The van der Waals surface area contributed by atoms with Crippen molar-refractivity contribution >= 4 is 0 Å². The van der Waals surface area contributed by atoms with Crippen LogP contribution in [-0.2, 0) is 0 Å². The number of rotatable bonds is 2. The van der Waals surface area contributed by atoms with E-state index in [4.69, 9.17) is 4.74 Å². The molecule has 0 saturated carbocycles. The van der Waals surface area contributed by atoms with Crippen molar-refractivity contribution in [1.29, 1.82) is 0 Å². The van der Waals surface area contributed by atoms with Crippen LogP contribution in [0.1, 0.15) is 13.8 Å². The van der Waals surface area contributed by atoms with E-state index in [2.05, 4.69) is 0 Å². The second kappa shape index (κ2) is 3.37. The summed E-state index contributed by atoms with van der Waals surface area (Å²) < 4.78 is 17.7. The monoisotopic (exact) mass is 153 g/mol. The average molecular weight is 153 g/mol. The number of hydrogen-bond donors (Lipinski definition) is 0. The van der Waals surface area contributed by atoms with Crippen molar-refractivity contribution in [2.24, 2.45) is 0 Å². The maximum Gasteiger partial charge on any atom is 0.142 e.